The normalized spacial score (nSPS) is 17.7. The molecular weight excluding hydrogens is 345 g/mol. The minimum Gasteiger partial charge on any atom is -0.354 e. The molecule has 0 spiro atoms. The summed E-state index contributed by atoms with van der Waals surface area (Å²) in [6.45, 7) is 6.78. The molecule has 7 heteroatoms. The van der Waals surface area contributed by atoms with Crippen molar-refractivity contribution < 1.29 is 9.18 Å². The number of halogens is 1. The quantitative estimate of drug-likeness (QED) is 0.809. The van der Waals surface area contributed by atoms with E-state index in [-0.39, 0.29) is 5.91 Å². The average Bonchev–Trinajstić information content (AvgIpc) is 2.67. The third-order valence-electron chi connectivity index (χ3n) is 5.31. The van der Waals surface area contributed by atoms with Gasteiger partial charge < -0.3 is 14.7 Å². The van der Waals surface area contributed by atoms with E-state index in [1.165, 1.54) is 12.1 Å². The number of nitrogens with zero attached hydrogens (tertiary/aromatic N) is 5. The molecule has 0 unspecified atom stereocenters. The van der Waals surface area contributed by atoms with E-state index >= 15 is 0 Å². The average molecular weight is 369 g/mol. The molecule has 4 rings (SSSR count). The van der Waals surface area contributed by atoms with Crippen LogP contribution in [0.3, 0.4) is 0 Å². The summed E-state index contributed by atoms with van der Waals surface area (Å²) in [5, 5.41) is 0. The lowest BCUT2D eigenvalue weighted by atomic mass is 10.0. The first-order valence-electron chi connectivity index (χ1n) is 9.36. The molecule has 142 valence electrons. The first-order valence-corrected chi connectivity index (χ1v) is 9.36. The number of piperazine rings is 1. The Hall–Kier alpha value is -2.54. The molecule has 3 heterocycles. The number of fused-ring (bicyclic) bond motifs is 1. The van der Waals surface area contributed by atoms with Crippen molar-refractivity contribution >= 4 is 11.7 Å². The van der Waals surface area contributed by atoms with Crippen LogP contribution in [0.15, 0.2) is 24.3 Å². The highest BCUT2D eigenvalue weighted by Gasteiger charge is 2.28. The Morgan fingerprint density at radius 2 is 1.89 bits per heavy atom. The zero-order valence-corrected chi connectivity index (χ0v) is 15.8. The smallest absolute Gasteiger partial charge is 0.254 e. The Labute approximate surface area is 158 Å². The van der Waals surface area contributed by atoms with Gasteiger partial charge in [0.25, 0.3) is 5.91 Å². The molecule has 2 aromatic rings. The van der Waals surface area contributed by atoms with Crippen LogP contribution in [0.25, 0.3) is 0 Å². The Morgan fingerprint density at radius 3 is 2.63 bits per heavy atom. The van der Waals surface area contributed by atoms with Crippen molar-refractivity contribution in [3.8, 4) is 0 Å². The second-order valence-electron chi connectivity index (χ2n) is 7.30. The van der Waals surface area contributed by atoms with Crippen LogP contribution in [0, 0.1) is 12.7 Å². The molecule has 6 nitrogen and oxygen atoms in total. The van der Waals surface area contributed by atoms with Crippen LogP contribution in [-0.2, 0) is 13.0 Å². The number of hydrogen-bond acceptors (Lipinski definition) is 5. The SMILES string of the molecule is Cc1nc2c(c(N3CCN(C)CC3)n1)CN(C(=O)c1cccc(F)c1)CC2. The van der Waals surface area contributed by atoms with Crippen molar-refractivity contribution in [2.75, 3.05) is 44.7 Å². The molecule has 1 aromatic heterocycles. The molecule has 0 saturated carbocycles. The second-order valence-corrected chi connectivity index (χ2v) is 7.30. The number of benzene rings is 1. The summed E-state index contributed by atoms with van der Waals surface area (Å²) in [6, 6.07) is 5.88. The molecule has 2 aliphatic rings. The maximum atomic E-state index is 13.5. The highest BCUT2D eigenvalue weighted by molar-refractivity contribution is 5.94. The lowest BCUT2D eigenvalue weighted by Gasteiger charge is -2.37. The molecule has 1 amide bonds. The van der Waals surface area contributed by atoms with Crippen LogP contribution < -0.4 is 4.90 Å². The Bertz CT molecular complexity index is 863. The molecule has 0 aliphatic carbocycles. The topological polar surface area (TPSA) is 52.6 Å². The molecule has 1 fully saturated rings. The van der Waals surface area contributed by atoms with E-state index in [0.29, 0.717) is 25.1 Å². The van der Waals surface area contributed by atoms with Crippen molar-refractivity contribution in [1.82, 2.24) is 19.8 Å². The number of hydrogen-bond donors (Lipinski definition) is 0. The van der Waals surface area contributed by atoms with Crippen LogP contribution in [0.5, 0.6) is 0 Å². The number of carbonyl (C=O) groups excluding carboxylic acids is 1. The molecule has 0 bridgehead atoms. The van der Waals surface area contributed by atoms with E-state index in [1.807, 2.05) is 6.92 Å². The second kappa shape index (κ2) is 7.23. The number of carbonyl (C=O) groups is 1. The highest BCUT2D eigenvalue weighted by atomic mass is 19.1. The maximum Gasteiger partial charge on any atom is 0.254 e. The largest absolute Gasteiger partial charge is 0.354 e. The van der Waals surface area contributed by atoms with E-state index in [4.69, 9.17) is 4.98 Å². The molecule has 0 atom stereocenters. The van der Waals surface area contributed by atoms with E-state index < -0.39 is 5.82 Å². The van der Waals surface area contributed by atoms with Gasteiger partial charge in [0.2, 0.25) is 0 Å². The summed E-state index contributed by atoms with van der Waals surface area (Å²) < 4.78 is 13.5. The van der Waals surface area contributed by atoms with E-state index in [9.17, 15) is 9.18 Å². The molecule has 0 radical (unpaired) electrons. The van der Waals surface area contributed by atoms with E-state index in [1.54, 1.807) is 17.0 Å². The standard InChI is InChI=1S/C20H24FN5O/c1-14-22-18-6-7-26(20(27)15-4-3-5-16(21)12-15)13-17(18)19(23-14)25-10-8-24(2)9-11-25/h3-5,12H,6-11,13H2,1-2H3. The Morgan fingerprint density at radius 1 is 1.11 bits per heavy atom. The summed E-state index contributed by atoms with van der Waals surface area (Å²) in [7, 11) is 2.12. The van der Waals surface area contributed by atoms with Gasteiger partial charge in [0.05, 0.1) is 12.2 Å². The number of rotatable bonds is 2. The number of aryl methyl sites for hydroxylation is 1. The minimum absolute atomic E-state index is 0.148. The predicted octanol–water partition coefficient (Wildman–Crippen LogP) is 1.87. The fourth-order valence-corrected chi connectivity index (χ4v) is 3.77. The fourth-order valence-electron chi connectivity index (χ4n) is 3.77. The van der Waals surface area contributed by atoms with Crippen LogP contribution >= 0.6 is 0 Å². The molecule has 0 N–H and O–H groups in total. The van der Waals surface area contributed by atoms with Crippen molar-refractivity contribution in [1.29, 1.82) is 0 Å². The zero-order valence-electron chi connectivity index (χ0n) is 15.8. The number of likely N-dealkylation sites (N-methyl/N-ethyl adjacent to an activating group) is 1. The summed E-state index contributed by atoms with van der Waals surface area (Å²) in [5.41, 5.74) is 2.44. The van der Waals surface area contributed by atoms with Gasteiger partial charge in [0, 0.05) is 50.3 Å². The van der Waals surface area contributed by atoms with Gasteiger partial charge in [-0.2, -0.15) is 0 Å². The van der Waals surface area contributed by atoms with E-state index in [0.717, 1.165) is 49.1 Å². The molecular formula is C20H24FN5O. The monoisotopic (exact) mass is 369 g/mol. The van der Waals surface area contributed by atoms with Crippen molar-refractivity contribution in [2.45, 2.75) is 19.9 Å². The summed E-state index contributed by atoms with van der Waals surface area (Å²) in [6.07, 6.45) is 0.695. The highest BCUT2D eigenvalue weighted by Crippen LogP contribution is 2.28. The van der Waals surface area contributed by atoms with Gasteiger partial charge >= 0.3 is 0 Å². The van der Waals surface area contributed by atoms with Gasteiger partial charge in [-0.15, -0.1) is 0 Å². The first-order chi connectivity index (χ1) is 13.0. The van der Waals surface area contributed by atoms with Gasteiger partial charge in [-0.05, 0) is 32.2 Å². The van der Waals surface area contributed by atoms with Gasteiger partial charge in [0.15, 0.2) is 0 Å². The van der Waals surface area contributed by atoms with Crippen LogP contribution in [0.2, 0.25) is 0 Å². The van der Waals surface area contributed by atoms with E-state index in [2.05, 4.69) is 21.8 Å². The lowest BCUT2D eigenvalue weighted by molar-refractivity contribution is 0.0733. The first kappa shape index (κ1) is 17.9. The summed E-state index contributed by atoms with van der Waals surface area (Å²) in [4.78, 5) is 28.6. The summed E-state index contributed by atoms with van der Waals surface area (Å²) >= 11 is 0. The van der Waals surface area contributed by atoms with Crippen molar-refractivity contribution in [3.63, 3.8) is 0 Å². The van der Waals surface area contributed by atoms with Crippen LogP contribution in [-0.4, -0.2) is 65.4 Å². The third-order valence-corrected chi connectivity index (χ3v) is 5.31. The van der Waals surface area contributed by atoms with Gasteiger partial charge in [-0.25, -0.2) is 14.4 Å². The lowest BCUT2D eigenvalue weighted by Crippen LogP contribution is -2.46. The minimum atomic E-state index is -0.393. The molecule has 1 aromatic carbocycles. The predicted molar refractivity (Wildman–Crippen MR) is 101 cm³/mol. The number of aromatic nitrogens is 2. The molecule has 27 heavy (non-hydrogen) atoms. The van der Waals surface area contributed by atoms with Crippen LogP contribution in [0.4, 0.5) is 10.2 Å². The Kier molecular flexibility index (Phi) is 4.78. The Balaban J connectivity index is 1.62. The zero-order chi connectivity index (χ0) is 19.0. The molecule has 1 saturated heterocycles. The van der Waals surface area contributed by atoms with Crippen LogP contribution in [0.1, 0.15) is 27.4 Å². The maximum absolute atomic E-state index is 13.5. The van der Waals surface area contributed by atoms with Crippen molar-refractivity contribution in [2.24, 2.45) is 0 Å². The van der Waals surface area contributed by atoms with Gasteiger partial charge in [-0.3, -0.25) is 4.79 Å². The van der Waals surface area contributed by atoms with Gasteiger partial charge in [-0.1, -0.05) is 6.07 Å². The summed E-state index contributed by atoms with van der Waals surface area (Å²) in [5.74, 6) is 1.18. The van der Waals surface area contributed by atoms with Gasteiger partial charge in [0.1, 0.15) is 17.5 Å². The molecule has 2 aliphatic heterocycles. The third kappa shape index (κ3) is 3.64. The number of amides is 1. The fraction of sp³-hybridized carbons (Fsp3) is 0.450. The number of anilines is 1. The van der Waals surface area contributed by atoms with Crippen molar-refractivity contribution in [3.05, 3.63) is 52.7 Å².